The number of aliphatic hydroxyl groups is 1. The van der Waals surface area contributed by atoms with Crippen molar-refractivity contribution in [2.24, 2.45) is 0 Å². The van der Waals surface area contributed by atoms with Gasteiger partial charge in [-0.1, -0.05) is 13.0 Å². The van der Waals surface area contributed by atoms with Gasteiger partial charge < -0.3 is 20.6 Å². The minimum absolute atomic E-state index is 0.0291. The molecule has 4 heteroatoms. The first-order valence-corrected chi connectivity index (χ1v) is 5.60. The van der Waals surface area contributed by atoms with Crippen molar-refractivity contribution in [3.8, 4) is 11.5 Å². The summed E-state index contributed by atoms with van der Waals surface area (Å²) in [5.41, 5.74) is 1.38. The minimum Gasteiger partial charge on any atom is -0.504 e. The number of likely N-dealkylation sites (N-methyl/N-ethyl adjacent to an activating group) is 1. The van der Waals surface area contributed by atoms with E-state index in [0.29, 0.717) is 17.5 Å². The van der Waals surface area contributed by atoms with E-state index in [2.05, 4.69) is 5.32 Å². The fraction of sp³-hybridized carbons (Fsp3) is 0.500. The van der Waals surface area contributed by atoms with E-state index in [0.717, 1.165) is 13.0 Å². The molecule has 0 saturated heterocycles. The summed E-state index contributed by atoms with van der Waals surface area (Å²) in [4.78, 5) is 0. The molecule has 0 amide bonds. The summed E-state index contributed by atoms with van der Waals surface area (Å²) < 4.78 is 0. The highest BCUT2D eigenvalue weighted by molar-refractivity contribution is 5.51. The summed E-state index contributed by atoms with van der Waals surface area (Å²) in [5.74, 6) is -0.209. The standard InChI is InChI=1S/C12H17NO3/c1-2-13-9-5-3-8-7(11(9)15)4-6-10(14)12(8)16/h4,6,9,11,13-16H,2-3,5H2,1H3. The summed E-state index contributed by atoms with van der Waals surface area (Å²) in [7, 11) is 0. The Labute approximate surface area is 94.5 Å². The van der Waals surface area contributed by atoms with Crippen molar-refractivity contribution in [2.75, 3.05) is 6.54 Å². The molecule has 1 aromatic carbocycles. The molecule has 88 valence electrons. The Morgan fingerprint density at radius 2 is 2.12 bits per heavy atom. The maximum atomic E-state index is 10.1. The first-order chi connectivity index (χ1) is 7.65. The van der Waals surface area contributed by atoms with Crippen LogP contribution in [0.3, 0.4) is 0 Å². The van der Waals surface area contributed by atoms with Gasteiger partial charge in [0.25, 0.3) is 0 Å². The van der Waals surface area contributed by atoms with Gasteiger partial charge in [-0.3, -0.25) is 0 Å². The minimum atomic E-state index is -0.616. The number of nitrogens with one attached hydrogen (secondary N) is 1. The van der Waals surface area contributed by atoms with E-state index in [1.807, 2.05) is 6.92 Å². The zero-order valence-electron chi connectivity index (χ0n) is 9.27. The maximum Gasteiger partial charge on any atom is 0.161 e. The number of fused-ring (bicyclic) bond motifs is 1. The van der Waals surface area contributed by atoms with Gasteiger partial charge in [0.1, 0.15) is 0 Å². The van der Waals surface area contributed by atoms with Crippen LogP contribution in [0.25, 0.3) is 0 Å². The van der Waals surface area contributed by atoms with E-state index >= 15 is 0 Å². The van der Waals surface area contributed by atoms with Crippen molar-refractivity contribution < 1.29 is 15.3 Å². The molecule has 2 unspecified atom stereocenters. The smallest absolute Gasteiger partial charge is 0.161 e. The maximum absolute atomic E-state index is 10.1. The van der Waals surface area contributed by atoms with E-state index in [9.17, 15) is 15.3 Å². The monoisotopic (exact) mass is 223 g/mol. The second-order valence-electron chi connectivity index (χ2n) is 4.15. The molecule has 0 saturated carbocycles. The van der Waals surface area contributed by atoms with Crippen LogP contribution >= 0.6 is 0 Å². The quantitative estimate of drug-likeness (QED) is 0.566. The largest absolute Gasteiger partial charge is 0.504 e. The molecular weight excluding hydrogens is 206 g/mol. The van der Waals surface area contributed by atoms with Crippen LogP contribution < -0.4 is 5.32 Å². The van der Waals surface area contributed by atoms with Crippen molar-refractivity contribution in [3.05, 3.63) is 23.3 Å². The summed E-state index contributed by atoms with van der Waals surface area (Å²) in [5, 5.41) is 32.4. The number of benzene rings is 1. The number of hydrogen-bond donors (Lipinski definition) is 4. The molecule has 0 aliphatic heterocycles. The van der Waals surface area contributed by atoms with Crippen LogP contribution in [0.1, 0.15) is 30.6 Å². The molecule has 4 N–H and O–H groups in total. The third-order valence-electron chi connectivity index (χ3n) is 3.17. The van der Waals surface area contributed by atoms with Crippen LogP contribution in [0.15, 0.2) is 12.1 Å². The van der Waals surface area contributed by atoms with Gasteiger partial charge in [-0.05, 0) is 31.0 Å². The van der Waals surface area contributed by atoms with Crippen molar-refractivity contribution >= 4 is 0 Å². The fourth-order valence-corrected chi connectivity index (χ4v) is 2.33. The summed E-state index contributed by atoms with van der Waals surface area (Å²) in [6.45, 7) is 2.80. The van der Waals surface area contributed by atoms with Crippen LogP contribution in [0, 0.1) is 0 Å². The Kier molecular flexibility index (Phi) is 3.03. The highest BCUT2D eigenvalue weighted by Crippen LogP contribution is 2.39. The lowest BCUT2D eigenvalue weighted by Crippen LogP contribution is -2.38. The Balaban J connectivity index is 2.35. The number of rotatable bonds is 2. The van der Waals surface area contributed by atoms with Crippen LogP contribution in [-0.2, 0) is 6.42 Å². The van der Waals surface area contributed by atoms with Gasteiger partial charge in [-0.2, -0.15) is 0 Å². The van der Waals surface area contributed by atoms with E-state index < -0.39 is 6.10 Å². The van der Waals surface area contributed by atoms with E-state index in [-0.39, 0.29) is 17.5 Å². The first kappa shape index (κ1) is 11.2. The topological polar surface area (TPSA) is 72.7 Å². The number of aliphatic hydroxyl groups excluding tert-OH is 1. The summed E-state index contributed by atoms with van der Waals surface area (Å²) in [6, 6.07) is 3.13. The molecule has 1 aliphatic rings. The summed E-state index contributed by atoms with van der Waals surface area (Å²) >= 11 is 0. The molecule has 0 radical (unpaired) electrons. The molecule has 0 heterocycles. The van der Waals surface area contributed by atoms with Gasteiger partial charge in [0.15, 0.2) is 11.5 Å². The average molecular weight is 223 g/mol. The Bertz CT molecular complexity index is 392. The fourth-order valence-electron chi connectivity index (χ4n) is 2.33. The van der Waals surface area contributed by atoms with Crippen molar-refractivity contribution in [2.45, 2.75) is 31.9 Å². The number of aromatic hydroxyl groups is 2. The summed E-state index contributed by atoms with van der Waals surface area (Å²) in [6.07, 6.45) is 0.818. The molecule has 1 aliphatic carbocycles. The predicted molar refractivity (Wildman–Crippen MR) is 60.5 cm³/mol. The molecular formula is C12H17NO3. The second kappa shape index (κ2) is 4.31. The molecule has 4 nitrogen and oxygen atoms in total. The molecule has 16 heavy (non-hydrogen) atoms. The number of phenols is 2. The van der Waals surface area contributed by atoms with Crippen molar-refractivity contribution in [1.29, 1.82) is 0 Å². The predicted octanol–water partition coefficient (Wildman–Crippen LogP) is 1.06. The van der Waals surface area contributed by atoms with Gasteiger partial charge in [0.2, 0.25) is 0 Å². The lowest BCUT2D eigenvalue weighted by molar-refractivity contribution is 0.115. The van der Waals surface area contributed by atoms with Crippen LogP contribution in [-0.4, -0.2) is 27.9 Å². The van der Waals surface area contributed by atoms with Gasteiger partial charge in [0.05, 0.1) is 6.10 Å². The third kappa shape index (κ3) is 1.74. The van der Waals surface area contributed by atoms with Crippen molar-refractivity contribution in [3.63, 3.8) is 0 Å². The van der Waals surface area contributed by atoms with Crippen LogP contribution in [0.5, 0.6) is 11.5 Å². The highest BCUT2D eigenvalue weighted by Gasteiger charge is 2.29. The lowest BCUT2D eigenvalue weighted by Gasteiger charge is -2.31. The van der Waals surface area contributed by atoms with Crippen LogP contribution in [0.2, 0.25) is 0 Å². The zero-order chi connectivity index (χ0) is 11.7. The molecule has 0 fully saturated rings. The molecule has 2 rings (SSSR count). The molecule has 2 atom stereocenters. The third-order valence-corrected chi connectivity index (χ3v) is 3.17. The van der Waals surface area contributed by atoms with Gasteiger partial charge >= 0.3 is 0 Å². The van der Waals surface area contributed by atoms with E-state index in [1.165, 1.54) is 6.07 Å². The molecule has 0 aromatic heterocycles. The molecule has 0 bridgehead atoms. The Morgan fingerprint density at radius 3 is 2.81 bits per heavy atom. The first-order valence-electron chi connectivity index (χ1n) is 5.60. The molecule has 0 spiro atoms. The van der Waals surface area contributed by atoms with E-state index in [1.54, 1.807) is 6.07 Å². The van der Waals surface area contributed by atoms with Crippen molar-refractivity contribution in [1.82, 2.24) is 5.32 Å². The SMILES string of the molecule is CCNC1CCc2c(ccc(O)c2O)C1O. The van der Waals surface area contributed by atoms with E-state index in [4.69, 9.17) is 0 Å². The van der Waals surface area contributed by atoms with Gasteiger partial charge in [-0.15, -0.1) is 0 Å². The zero-order valence-corrected chi connectivity index (χ0v) is 9.27. The average Bonchev–Trinajstić information content (AvgIpc) is 2.28. The van der Waals surface area contributed by atoms with Gasteiger partial charge in [-0.25, -0.2) is 0 Å². The normalized spacial score (nSPS) is 24.1. The lowest BCUT2D eigenvalue weighted by atomic mass is 9.85. The van der Waals surface area contributed by atoms with Crippen LogP contribution in [0.4, 0.5) is 0 Å². The molecule has 1 aromatic rings. The Hall–Kier alpha value is -1.26. The number of phenolic OH excluding ortho intramolecular Hbond substituents is 2. The Morgan fingerprint density at radius 1 is 1.38 bits per heavy atom. The second-order valence-corrected chi connectivity index (χ2v) is 4.15. The highest BCUT2D eigenvalue weighted by atomic mass is 16.3. The number of hydrogen-bond acceptors (Lipinski definition) is 4. The van der Waals surface area contributed by atoms with Gasteiger partial charge in [0, 0.05) is 11.6 Å².